The van der Waals surface area contributed by atoms with E-state index in [0.29, 0.717) is 5.57 Å². The van der Waals surface area contributed by atoms with Gasteiger partial charge in [0.25, 0.3) is 0 Å². The van der Waals surface area contributed by atoms with Gasteiger partial charge in [0.1, 0.15) is 31.0 Å². The first-order chi connectivity index (χ1) is 12.0. The average molecular weight is 352 g/mol. The number of carbonyl (C=O) groups excluding carboxylic acids is 1. The van der Waals surface area contributed by atoms with E-state index in [1.807, 2.05) is 0 Å². The molecule has 7 nitrogen and oxygen atoms in total. The summed E-state index contributed by atoms with van der Waals surface area (Å²) in [5, 5.41) is 0. The van der Waals surface area contributed by atoms with Gasteiger partial charge in [-0.05, 0) is 19.8 Å². The van der Waals surface area contributed by atoms with E-state index in [1.165, 1.54) is 0 Å². The van der Waals surface area contributed by atoms with E-state index in [-0.39, 0.29) is 24.9 Å². The van der Waals surface area contributed by atoms with E-state index in [9.17, 15) is 4.79 Å². The Morgan fingerprint density at radius 3 is 2.20 bits per heavy atom. The Labute approximate surface area is 146 Å². The van der Waals surface area contributed by atoms with Crippen LogP contribution in [0.25, 0.3) is 0 Å². The molecule has 25 heavy (non-hydrogen) atoms. The Morgan fingerprint density at radius 1 is 1.00 bits per heavy atom. The summed E-state index contributed by atoms with van der Waals surface area (Å²) in [5.74, 6) is -1.48. The van der Waals surface area contributed by atoms with Gasteiger partial charge in [-0.2, -0.15) is 0 Å². The molecule has 0 aromatic rings. The maximum absolute atomic E-state index is 11.8. The van der Waals surface area contributed by atoms with Crippen molar-refractivity contribution in [3.8, 4) is 0 Å². The van der Waals surface area contributed by atoms with Crippen molar-refractivity contribution in [1.29, 1.82) is 0 Å². The van der Waals surface area contributed by atoms with Crippen molar-refractivity contribution >= 4 is 5.97 Å². The summed E-state index contributed by atoms with van der Waals surface area (Å²) in [6.45, 7) is 5.32. The van der Waals surface area contributed by atoms with Crippen molar-refractivity contribution in [2.75, 3.05) is 6.61 Å². The van der Waals surface area contributed by atoms with Crippen molar-refractivity contribution in [2.24, 2.45) is 0 Å². The van der Waals surface area contributed by atoms with E-state index in [1.54, 1.807) is 6.92 Å². The minimum Gasteiger partial charge on any atom is -0.459 e. The van der Waals surface area contributed by atoms with Gasteiger partial charge in [0.05, 0.1) is 0 Å². The second-order valence-corrected chi connectivity index (χ2v) is 7.82. The Kier molecular flexibility index (Phi) is 3.57. The topological polar surface area (TPSA) is 72.5 Å². The quantitative estimate of drug-likeness (QED) is 0.566. The van der Waals surface area contributed by atoms with Gasteiger partial charge < -0.3 is 28.4 Å². The van der Waals surface area contributed by atoms with Crippen molar-refractivity contribution in [2.45, 2.75) is 87.7 Å². The highest BCUT2D eigenvalue weighted by Crippen LogP contribution is 2.53. The van der Waals surface area contributed by atoms with Crippen molar-refractivity contribution in [1.82, 2.24) is 0 Å². The lowest BCUT2D eigenvalue weighted by Crippen LogP contribution is -2.56. The van der Waals surface area contributed by atoms with E-state index in [0.717, 1.165) is 38.5 Å². The summed E-state index contributed by atoms with van der Waals surface area (Å²) in [4.78, 5) is 11.8. The molecular weight excluding hydrogens is 328 g/mol. The lowest BCUT2D eigenvalue weighted by Gasteiger charge is -2.37. The third kappa shape index (κ3) is 2.48. The highest BCUT2D eigenvalue weighted by atomic mass is 16.9. The van der Waals surface area contributed by atoms with Crippen LogP contribution in [-0.2, 0) is 33.2 Å². The first-order valence-electron chi connectivity index (χ1n) is 9.19. The molecule has 0 bridgehead atoms. The van der Waals surface area contributed by atoms with Crippen LogP contribution in [0, 0.1) is 0 Å². The van der Waals surface area contributed by atoms with Crippen LogP contribution < -0.4 is 0 Å². The highest BCUT2D eigenvalue weighted by molar-refractivity contribution is 5.86. The van der Waals surface area contributed by atoms with Crippen LogP contribution >= 0.6 is 0 Å². The Morgan fingerprint density at radius 2 is 1.60 bits per heavy atom. The van der Waals surface area contributed by atoms with Gasteiger partial charge in [0, 0.05) is 31.3 Å². The van der Waals surface area contributed by atoms with Gasteiger partial charge in [-0.25, -0.2) is 4.79 Å². The zero-order valence-electron chi connectivity index (χ0n) is 14.4. The number of hydrogen-bond acceptors (Lipinski definition) is 7. The molecule has 0 unspecified atom stereocenters. The molecule has 2 spiro atoms. The van der Waals surface area contributed by atoms with Crippen molar-refractivity contribution < 1.29 is 33.2 Å². The molecule has 3 saturated heterocycles. The largest absolute Gasteiger partial charge is 0.459 e. The molecule has 3 aliphatic heterocycles. The first kappa shape index (κ1) is 16.2. The van der Waals surface area contributed by atoms with Crippen LogP contribution in [-0.4, -0.2) is 54.9 Å². The molecule has 3 heterocycles. The van der Waals surface area contributed by atoms with E-state index >= 15 is 0 Å². The normalized spacial score (nSPS) is 42.4. The van der Waals surface area contributed by atoms with Gasteiger partial charge in [0.2, 0.25) is 0 Å². The smallest absolute Gasteiger partial charge is 0.333 e. The molecule has 7 heteroatoms. The SMILES string of the molecule is C=C(C)C(=O)OC[C@H]1O[C@H]2OC3(CCC3)O[C@@H]2[C@H]2OC3(CCC3)O[C@H]21. The monoisotopic (exact) mass is 352 g/mol. The molecule has 0 aromatic carbocycles. The summed E-state index contributed by atoms with van der Waals surface area (Å²) in [5.41, 5.74) is 0.359. The Hall–Kier alpha value is -0.990. The summed E-state index contributed by atoms with van der Waals surface area (Å²) in [6.07, 6.45) is 3.87. The van der Waals surface area contributed by atoms with Gasteiger partial charge >= 0.3 is 5.97 Å². The average Bonchev–Trinajstić information content (AvgIpc) is 3.10. The number of fused-ring (bicyclic) bond motifs is 3. The van der Waals surface area contributed by atoms with Crippen LogP contribution in [0.15, 0.2) is 12.2 Å². The van der Waals surface area contributed by atoms with Crippen molar-refractivity contribution in [3.05, 3.63) is 12.2 Å². The van der Waals surface area contributed by atoms with E-state index in [2.05, 4.69) is 6.58 Å². The molecule has 5 fully saturated rings. The first-order valence-corrected chi connectivity index (χ1v) is 9.19. The summed E-state index contributed by atoms with van der Waals surface area (Å²) < 4.78 is 36.2. The molecule has 0 aromatic heterocycles. The molecule has 5 aliphatic rings. The lowest BCUT2D eigenvalue weighted by molar-refractivity contribution is -0.270. The Bertz CT molecular complexity index is 594. The summed E-state index contributed by atoms with van der Waals surface area (Å²) in [6, 6.07) is 0. The number of esters is 1. The lowest BCUT2D eigenvalue weighted by atomic mass is 9.91. The molecule has 2 saturated carbocycles. The molecule has 0 amide bonds. The summed E-state index contributed by atoms with van der Waals surface area (Å²) >= 11 is 0. The standard InChI is InChI=1S/C18H24O7/c1-10(2)15(19)20-9-11-12-13(23-17(22-12)5-3-6-17)14-16(21-11)25-18(24-14)7-4-8-18/h11-14,16H,1,3-9H2,2H3/t11-,12+,13+,14-,16+/m1/s1. The third-order valence-electron chi connectivity index (χ3n) is 5.93. The number of ether oxygens (including phenoxy) is 6. The van der Waals surface area contributed by atoms with Crippen LogP contribution in [0.4, 0.5) is 0 Å². The maximum Gasteiger partial charge on any atom is 0.333 e. The number of carbonyl (C=O) groups is 1. The Balaban J connectivity index is 1.35. The number of rotatable bonds is 3. The molecule has 0 N–H and O–H groups in total. The molecule has 5 atom stereocenters. The predicted molar refractivity (Wildman–Crippen MR) is 83.3 cm³/mol. The molecular formula is C18H24O7. The second kappa shape index (κ2) is 5.50. The number of hydrogen-bond donors (Lipinski definition) is 0. The predicted octanol–water partition coefficient (Wildman–Crippen LogP) is 1.79. The summed E-state index contributed by atoms with van der Waals surface area (Å²) in [7, 11) is 0. The van der Waals surface area contributed by atoms with E-state index in [4.69, 9.17) is 28.4 Å². The molecule has 2 aliphatic carbocycles. The van der Waals surface area contributed by atoms with Gasteiger partial charge in [0.15, 0.2) is 17.9 Å². The minimum atomic E-state index is -0.526. The van der Waals surface area contributed by atoms with Crippen LogP contribution in [0.2, 0.25) is 0 Å². The zero-order chi connectivity index (χ0) is 17.2. The molecule has 138 valence electrons. The maximum atomic E-state index is 11.8. The molecule has 5 rings (SSSR count). The zero-order valence-corrected chi connectivity index (χ0v) is 14.4. The van der Waals surface area contributed by atoms with Crippen LogP contribution in [0.5, 0.6) is 0 Å². The van der Waals surface area contributed by atoms with Gasteiger partial charge in [-0.3, -0.25) is 0 Å². The third-order valence-corrected chi connectivity index (χ3v) is 5.93. The molecule has 0 radical (unpaired) electrons. The fourth-order valence-corrected chi connectivity index (χ4v) is 4.20. The van der Waals surface area contributed by atoms with Gasteiger partial charge in [-0.15, -0.1) is 0 Å². The van der Waals surface area contributed by atoms with Gasteiger partial charge in [-0.1, -0.05) is 6.58 Å². The van der Waals surface area contributed by atoms with E-state index < -0.39 is 29.9 Å². The minimum absolute atomic E-state index is 0.0892. The van der Waals surface area contributed by atoms with Crippen molar-refractivity contribution in [3.63, 3.8) is 0 Å². The fourth-order valence-electron chi connectivity index (χ4n) is 4.20. The van der Waals surface area contributed by atoms with Crippen LogP contribution in [0.1, 0.15) is 45.4 Å². The fraction of sp³-hybridized carbons (Fsp3) is 0.833. The van der Waals surface area contributed by atoms with Crippen LogP contribution in [0.3, 0.4) is 0 Å². The highest BCUT2D eigenvalue weighted by Gasteiger charge is 2.65. The second-order valence-electron chi connectivity index (χ2n) is 7.82.